The topological polar surface area (TPSA) is 89.4 Å². The maximum absolute atomic E-state index is 11.0. The number of nitrogen functional groups attached to an aromatic ring is 1. The van der Waals surface area contributed by atoms with Crippen LogP contribution in [0.1, 0.15) is 35.8 Å². The lowest BCUT2D eigenvalue weighted by molar-refractivity contribution is 0.0691. The summed E-state index contributed by atoms with van der Waals surface area (Å²) in [5.41, 5.74) is 7.05. The van der Waals surface area contributed by atoms with Crippen LogP contribution in [0.4, 0.5) is 6.01 Å². The first-order valence-corrected chi connectivity index (χ1v) is 5.59. The van der Waals surface area contributed by atoms with E-state index in [9.17, 15) is 4.79 Å². The quantitative estimate of drug-likeness (QED) is 0.869. The van der Waals surface area contributed by atoms with Gasteiger partial charge in [-0.25, -0.2) is 4.79 Å². The lowest BCUT2D eigenvalue weighted by Gasteiger charge is -2.05. The summed E-state index contributed by atoms with van der Waals surface area (Å²) in [5, 5.41) is 9.01. The zero-order valence-corrected chi connectivity index (χ0v) is 10.2. The van der Waals surface area contributed by atoms with Crippen LogP contribution in [0.2, 0.25) is 0 Å². The summed E-state index contributed by atoms with van der Waals surface area (Å²) in [7, 11) is 0. The Kier molecular flexibility index (Phi) is 3.06. The fourth-order valence-corrected chi connectivity index (χ4v) is 1.70. The lowest BCUT2D eigenvalue weighted by Crippen LogP contribution is -1.99. The van der Waals surface area contributed by atoms with Gasteiger partial charge >= 0.3 is 5.97 Å². The molecular formula is C13H14N2O3. The van der Waals surface area contributed by atoms with Crippen LogP contribution in [-0.4, -0.2) is 16.1 Å². The van der Waals surface area contributed by atoms with Crippen LogP contribution in [0.3, 0.4) is 0 Å². The molecule has 0 aliphatic carbocycles. The molecule has 0 saturated heterocycles. The number of aromatic nitrogens is 1. The van der Waals surface area contributed by atoms with Gasteiger partial charge in [-0.15, -0.1) is 0 Å². The van der Waals surface area contributed by atoms with E-state index in [1.54, 1.807) is 0 Å². The molecule has 1 aromatic heterocycles. The number of nitrogens with zero attached hydrogens (tertiary/aromatic N) is 1. The van der Waals surface area contributed by atoms with Gasteiger partial charge in [0, 0.05) is 5.56 Å². The van der Waals surface area contributed by atoms with Crippen LogP contribution < -0.4 is 5.73 Å². The first-order chi connectivity index (χ1) is 8.49. The van der Waals surface area contributed by atoms with E-state index in [-0.39, 0.29) is 17.5 Å². The van der Waals surface area contributed by atoms with Gasteiger partial charge in [-0.3, -0.25) is 0 Å². The molecule has 1 aromatic carbocycles. The molecule has 0 radical (unpaired) electrons. The van der Waals surface area contributed by atoms with Crippen molar-refractivity contribution in [2.24, 2.45) is 0 Å². The molecule has 0 fully saturated rings. The molecule has 0 saturated carbocycles. The van der Waals surface area contributed by atoms with Gasteiger partial charge in [-0.05, 0) is 11.5 Å². The molecule has 0 unspecified atom stereocenters. The van der Waals surface area contributed by atoms with Gasteiger partial charge in [0.2, 0.25) is 0 Å². The molecule has 0 bridgehead atoms. The largest absolute Gasteiger partial charge is 0.476 e. The Balaban J connectivity index is 2.45. The molecule has 18 heavy (non-hydrogen) atoms. The molecule has 2 aromatic rings. The Bertz CT molecular complexity index is 570. The number of oxazole rings is 1. The monoisotopic (exact) mass is 246 g/mol. The highest BCUT2D eigenvalue weighted by Gasteiger charge is 2.19. The normalized spacial score (nSPS) is 10.8. The number of anilines is 1. The Labute approximate surface area is 104 Å². The molecule has 0 aliphatic rings. The molecule has 5 nitrogen and oxygen atoms in total. The average Bonchev–Trinajstić information content (AvgIpc) is 2.71. The summed E-state index contributed by atoms with van der Waals surface area (Å²) in [6, 6.07) is 7.34. The Morgan fingerprint density at radius 1 is 1.33 bits per heavy atom. The lowest BCUT2D eigenvalue weighted by atomic mass is 10.0. The van der Waals surface area contributed by atoms with Crippen molar-refractivity contribution in [3.8, 4) is 11.3 Å². The van der Waals surface area contributed by atoms with E-state index in [0.717, 1.165) is 0 Å². The highest BCUT2D eigenvalue weighted by Crippen LogP contribution is 2.27. The van der Waals surface area contributed by atoms with Crippen LogP contribution in [0, 0.1) is 0 Å². The summed E-state index contributed by atoms with van der Waals surface area (Å²) in [6.07, 6.45) is 0. The van der Waals surface area contributed by atoms with Crippen molar-refractivity contribution < 1.29 is 14.3 Å². The van der Waals surface area contributed by atoms with Crippen LogP contribution in [0.25, 0.3) is 11.3 Å². The SMILES string of the molecule is CC(C)c1ccc(-c2oc(N)nc2C(=O)O)cc1. The van der Waals surface area contributed by atoms with Gasteiger partial charge in [0.05, 0.1) is 0 Å². The number of hydrogen-bond acceptors (Lipinski definition) is 4. The van der Waals surface area contributed by atoms with Crippen molar-refractivity contribution in [2.45, 2.75) is 19.8 Å². The predicted octanol–water partition coefficient (Wildman–Crippen LogP) is 2.75. The fraction of sp³-hybridized carbons (Fsp3) is 0.231. The number of carboxylic acid groups (broad SMARTS) is 1. The average molecular weight is 246 g/mol. The smallest absolute Gasteiger partial charge is 0.358 e. The van der Waals surface area contributed by atoms with Crippen LogP contribution in [0.15, 0.2) is 28.7 Å². The third-order valence-electron chi connectivity index (χ3n) is 2.69. The van der Waals surface area contributed by atoms with E-state index in [2.05, 4.69) is 18.8 Å². The van der Waals surface area contributed by atoms with Crippen molar-refractivity contribution in [3.05, 3.63) is 35.5 Å². The fourth-order valence-electron chi connectivity index (χ4n) is 1.70. The maximum Gasteiger partial charge on any atom is 0.358 e. The van der Waals surface area contributed by atoms with E-state index in [1.165, 1.54) is 5.56 Å². The minimum absolute atomic E-state index is 0.143. The van der Waals surface area contributed by atoms with Crippen molar-refractivity contribution in [1.82, 2.24) is 4.98 Å². The molecule has 5 heteroatoms. The zero-order chi connectivity index (χ0) is 13.3. The van der Waals surface area contributed by atoms with Gasteiger partial charge in [-0.2, -0.15) is 4.98 Å². The Morgan fingerprint density at radius 3 is 2.44 bits per heavy atom. The Hall–Kier alpha value is -2.30. The predicted molar refractivity (Wildman–Crippen MR) is 67.4 cm³/mol. The van der Waals surface area contributed by atoms with Crippen molar-refractivity contribution >= 4 is 12.0 Å². The molecular weight excluding hydrogens is 232 g/mol. The van der Waals surface area contributed by atoms with Crippen molar-refractivity contribution in [1.29, 1.82) is 0 Å². The van der Waals surface area contributed by atoms with Crippen molar-refractivity contribution in [3.63, 3.8) is 0 Å². The molecule has 1 heterocycles. The second-order valence-corrected chi connectivity index (χ2v) is 4.31. The van der Waals surface area contributed by atoms with Crippen LogP contribution in [-0.2, 0) is 0 Å². The first kappa shape index (κ1) is 12.2. The standard InChI is InChI=1S/C13H14N2O3/c1-7(2)8-3-5-9(6-4-8)11-10(12(16)17)15-13(14)18-11/h3-7H,1-2H3,(H2,14,15)(H,16,17). The summed E-state index contributed by atoms with van der Waals surface area (Å²) >= 11 is 0. The van der Waals surface area contributed by atoms with Gasteiger partial charge in [-0.1, -0.05) is 38.1 Å². The van der Waals surface area contributed by atoms with E-state index in [1.807, 2.05) is 24.3 Å². The second kappa shape index (κ2) is 4.52. The first-order valence-electron chi connectivity index (χ1n) is 5.59. The molecule has 94 valence electrons. The number of carboxylic acids is 1. The maximum atomic E-state index is 11.0. The van der Waals surface area contributed by atoms with Crippen molar-refractivity contribution in [2.75, 3.05) is 5.73 Å². The second-order valence-electron chi connectivity index (χ2n) is 4.31. The Morgan fingerprint density at radius 2 is 1.94 bits per heavy atom. The molecule has 0 atom stereocenters. The number of hydrogen-bond donors (Lipinski definition) is 2. The van der Waals surface area contributed by atoms with E-state index < -0.39 is 5.97 Å². The molecule has 0 aliphatic heterocycles. The third-order valence-corrected chi connectivity index (χ3v) is 2.69. The highest BCUT2D eigenvalue weighted by molar-refractivity contribution is 5.92. The van der Waals surface area contributed by atoms with Gasteiger partial charge < -0.3 is 15.3 Å². The minimum Gasteiger partial charge on any atom is -0.476 e. The van der Waals surface area contributed by atoms with Gasteiger partial charge in [0.1, 0.15) is 0 Å². The number of aromatic carboxylic acids is 1. The zero-order valence-electron chi connectivity index (χ0n) is 10.2. The molecule has 0 spiro atoms. The summed E-state index contributed by atoms with van der Waals surface area (Å²) in [5.74, 6) is -0.550. The summed E-state index contributed by atoms with van der Waals surface area (Å²) in [4.78, 5) is 14.7. The van der Waals surface area contributed by atoms with Crippen LogP contribution >= 0.6 is 0 Å². The third kappa shape index (κ3) is 2.20. The van der Waals surface area contributed by atoms with E-state index >= 15 is 0 Å². The number of rotatable bonds is 3. The molecule has 3 N–H and O–H groups in total. The van der Waals surface area contributed by atoms with Crippen LogP contribution in [0.5, 0.6) is 0 Å². The number of carbonyl (C=O) groups is 1. The summed E-state index contributed by atoms with van der Waals surface area (Å²) in [6.45, 7) is 4.17. The number of nitrogens with two attached hydrogens (primary N) is 1. The van der Waals surface area contributed by atoms with Gasteiger partial charge in [0.25, 0.3) is 6.01 Å². The van der Waals surface area contributed by atoms with E-state index in [4.69, 9.17) is 15.3 Å². The van der Waals surface area contributed by atoms with E-state index in [0.29, 0.717) is 11.5 Å². The molecule has 2 rings (SSSR count). The minimum atomic E-state index is -1.15. The van der Waals surface area contributed by atoms with Gasteiger partial charge in [0.15, 0.2) is 11.5 Å². The highest BCUT2D eigenvalue weighted by atomic mass is 16.4. The molecule has 0 amide bonds. The number of benzene rings is 1. The summed E-state index contributed by atoms with van der Waals surface area (Å²) < 4.78 is 5.15.